The number of aliphatic carboxylic acids is 1. The predicted molar refractivity (Wildman–Crippen MR) is 123 cm³/mol. The third-order valence-corrected chi connectivity index (χ3v) is 5.43. The zero-order chi connectivity index (χ0) is 25.6. The van der Waals surface area contributed by atoms with Gasteiger partial charge in [0.05, 0.1) is 32.7 Å². The van der Waals surface area contributed by atoms with Crippen LogP contribution in [0.25, 0.3) is 11.1 Å². The summed E-state index contributed by atoms with van der Waals surface area (Å²) in [6.45, 7) is 0.113. The van der Waals surface area contributed by atoms with E-state index in [1.165, 1.54) is 31.3 Å². The number of ether oxygens (including phenoxy) is 2. The van der Waals surface area contributed by atoms with Gasteiger partial charge in [0.2, 0.25) is 0 Å². The van der Waals surface area contributed by atoms with Crippen LogP contribution >= 0.6 is 0 Å². The van der Waals surface area contributed by atoms with Gasteiger partial charge in [0, 0.05) is 12.1 Å². The second-order valence-corrected chi connectivity index (χ2v) is 7.74. The van der Waals surface area contributed by atoms with Crippen molar-refractivity contribution in [3.63, 3.8) is 0 Å². The summed E-state index contributed by atoms with van der Waals surface area (Å²) in [5, 5.41) is 9.47. The molecule has 35 heavy (non-hydrogen) atoms. The van der Waals surface area contributed by atoms with Crippen molar-refractivity contribution in [2.75, 3.05) is 14.2 Å². The molecular weight excluding hydrogens is 463 g/mol. The Labute approximate surface area is 200 Å². The Morgan fingerprint density at radius 1 is 0.914 bits per heavy atom. The van der Waals surface area contributed by atoms with E-state index in [0.29, 0.717) is 28.0 Å². The maximum absolute atomic E-state index is 13.1. The molecule has 0 spiro atoms. The van der Waals surface area contributed by atoms with E-state index < -0.39 is 23.8 Å². The van der Waals surface area contributed by atoms with Gasteiger partial charge in [0.25, 0.3) is 0 Å². The molecule has 0 saturated carbocycles. The number of nitrogens with zero attached hydrogens (tertiary/aromatic N) is 1. The Morgan fingerprint density at radius 3 is 2.11 bits per heavy atom. The van der Waals surface area contributed by atoms with E-state index in [1.807, 2.05) is 30.3 Å². The van der Waals surface area contributed by atoms with Gasteiger partial charge in [-0.25, -0.2) is 4.79 Å². The van der Waals surface area contributed by atoms with Crippen molar-refractivity contribution in [1.82, 2.24) is 4.90 Å². The van der Waals surface area contributed by atoms with Gasteiger partial charge < -0.3 is 14.6 Å². The number of amides is 1. The minimum atomic E-state index is -4.51. The normalized spacial score (nSPS) is 11.1. The lowest BCUT2D eigenvalue weighted by molar-refractivity contribution is -0.138. The van der Waals surface area contributed by atoms with Crippen LogP contribution in [0.15, 0.2) is 66.7 Å². The van der Waals surface area contributed by atoms with Crippen LogP contribution in [-0.2, 0) is 35.2 Å². The lowest BCUT2D eigenvalue weighted by atomic mass is 9.91. The lowest BCUT2D eigenvalue weighted by Gasteiger charge is -2.25. The maximum atomic E-state index is 13.1. The van der Waals surface area contributed by atoms with E-state index in [9.17, 15) is 27.9 Å². The summed E-state index contributed by atoms with van der Waals surface area (Å²) in [5.41, 5.74) is 1.63. The maximum Gasteiger partial charge on any atom is 0.416 e. The van der Waals surface area contributed by atoms with Gasteiger partial charge in [-0.15, -0.1) is 0 Å². The molecule has 3 aromatic carbocycles. The fourth-order valence-electron chi connectivity index (χ4n) is 3.80. The summed E-state index contributed by atoms with van der Waals surface area (Å²) in [7, 11) is 2.65. The number of hydrogen-bond acceptors (Lipinski definition) is 4. The van der Waals surface area contributed by atoms with Gasteiger partial charge >= 0.3 is 18.2 Å². The molecule has 0 heterocycles. The molecule has 0 radical (unpaired) electrons. The number of benzene rings is 3. The third-order valence-electron chi connectivity index (χ3n) is 5.43. The van der Waals surface area contributed by atoms with E-state index >= 15 is 0 Å². The Balaban J connectivity index is 2.15. The van der Waals surface area contributed by atoms with Crippen LogP contribution in [0.1, 0.15) is 22.3 Å². The number of alkyl halides is 3. The molecule has 0 saturated heterocycles. The van der Waals surface area contributed by atoms with Crippen molar-refractivity contribution < 1.29 is 37.3 Å². The topological polar surface area (TPSA) is 76.1 Å². The molecule has 0 aliphatic rings. The second-order valence-electron chi connectivity index (χ2n) is 7.74. The lowest BCUT2D eigenvalue weighted by Crippen LogP contribution is -2.30. The molecule has 0 unspecified atom stereocenters. The summed E-state index contributed by atoms with van der Waals surface area (Å²) in [6, 6.07) is 16.8. The fourth-order valence-corrected chi connectivity index (χ4v) is 3.80. The van der Waals surface area contributed by atoms with Crippen LogP contribution in [0, 0.1) is 0 Å². The van der Waals surface area contributed by atoms with E-state index in [-0.39, 0.29) is 19.5 Å². The standard InChI is InChI=1S/C26H24F3NO5/c1-34-22-13-10-19(14-23(31)32)21(24(22)18-8-11-20(12-9-18)26(27,28)29)16-30(25(33)35-2)15-17-6-4-3-5-7-17/h3-13H,14-16H2,1-2H3,(H,31,32). The van der Waals surface area contributed by atoms with Crippen LogP contribution in [0.5, 0.6) is 5.75 Å². The van der Waals surface area contributed by atoms with E-state index in [2.05, 4.69) is 0 Å². The van der Waals surface area contributed by atoms with Crippen LogP contribution in [0.2, 0.25) is 0 Å². The SMILES string of the molecule is COC(=O)N(Cc1ccccc1)Cc1c(CC(=O)O)ccc(OC)c1-c1ccc(C(F)(F)F)cc1. The molecule has 3 aromatic rings. The molecular formula is C26H24F3NO5. The Bertz CT molecular complexity index is 1180. The van der Waals surface area contributed by atoms with Gasteiger partial charge in [-0.1, -0.05) is 48.5 Å². The fraction of sp³-hybridized carbons (Fsp3) is 0.231. The van der Waals surface area contributed by atoms with Crippen molar-refractivity contribution >= 4 is 12.1 Å². The monoisotopic (exact) mass is 487 g/mol. The van der Waals surface area contributed by atoms with Crippen molar-refractivity contribution in [2.45, 2.75) is 25.7 Å². The summed E-state index contributed by atoms with van der Waals surface area (Å²) >= 11 is 0. The number of methoxy groups -OCH3 is 2. The number of halogens is 3. The van der Waals surface area contributed by atoms with Crippen LogP contribution in [-0.4, -0.2) is 36.3 Å². The van der Waals surface area contributed by atoms with E-state index in [0.717, 1.165) is 17.7 Å². The van der Waals surface area contributed by atoms with Gasteiger partial charge in [-0.3, -0.25) is 9.69 Å². The highest BCUT2D eigenvalue weighted by molar-refractivity contribution is 5.79. The zero-order valence-electron chi connectivity index (χ0n) is 19.1. The number of rotatable bonds is 8. The number of hydrogen-bond donors (Lipinski definition) is 1. The Kier molecular flexibility index (Phi) is 8.01. The van der Waals surface area contributed by atoms with Gasteiger partial charge in [-0.2, -0.15) is 13.2 Å². The molecule has 0 fully saturated rings. The smallest absolute Gasteiger partial charge is 0.416 e. The van der Waals surface area contributed by atoms with Crippen molar-refractivity contribution in [3.8, 4) is 16.9 Å². The molecule has 0 atom stereocenters. The van der Waals surface area contributed by atoms with Crippen LogP contribution in [0.4, 0.5) is 18.0 Å². The number of carbonyl (C=O) groups is 2. The zero-order valence-corrected chi connectivity index (χ0v) is 19.1. The first kappa shape index (κ1) is 25.6. The molecule has 184 valence electrons. The van der Waals surface area contributed by atoms with Crippen LogP contribution in [0.3, 0.4) is 0 Å². The first-order valence-corrected chi connectivity index (χ1v) is 10.6. The first-order chi connectivity index (χ1) is 16.6. The minimum absolute atomic E-state index is 0.0578. The molecule has 0 aliphatic carbocycles. The molecule has 0 aromatic heterocycles. The summed E-state index contributed by atoms with van der Waals surface area (Å²) in [5.74, 6) is -0.763. The first-order valence-electron chi connectivity index (χ1n) is 10.6. The van der Waals surface area contributed by atoms with Crippen molar-refractivity contribution in [2.24, 2.45) is 0 Å². The molecule has 0 bridgehead atoms. The number of carboxylic acid groups (broad SMARTS) is 1. The summed E-state index contributed by atoms with van der Waals surface area (Å²) in [6.07, 6.45) is -5.50. The van der Waals surface area contributed by atoms with Gasteiger partial charge in [0.1, 0.15) is 5.75 Å². The van der Waals surface area contributed by atoms with E-state index in [1.54, 1.807) is 12.1 Å². The molecule has 1 N–H and O–H groups in total. The summed E-state index contributed by atoms with van der Waals surface area (Å²) in [4.78, 5) is 25.6. The predicted octanol–water partition coefficient (Wildman–Crippen LogP) is 5.78. The molecule has 9 heteroatoms. The quantitative estimate of drug-likeness (QED) is 0.436. The van der Waals surface area contributed by atoms with Crippen LogP contribution < -0.4 is 4.74 Å². The Hall–Kier alpha value is -4.01. The average molecular weight is 487 g/mol. The highest BCUT2D eigenvalue weighted by Crippen LogP contribution is 2.38. The second kappa shape index (κ2) is 10.9. The minimum Gasteiger partial charge on any atom is -0.496 e. The molecule has 0 aliphatic heterocycles. The third kappa shape index (κ3) is 6.32. The van der Waals surface area contributed by atoms with Crippen molar-refractivity contribution in [1.29, 1.82) is 0 Å². The summed E-state index contributed by atoms with van der Waals surface area (Å²) < 4.78 is 49.8. The van der Waals surface area contributed by atoms with E-state index in [4.69, 9.17) is 9.47 Å². The Morgan fingerprint density at radius 2 is 1.57 bits per heavy atom. The molecule has 1 amide bonds. The number of carbonyl (C=O) groups excluding carboxylic acids is 1. The average Bonchev–Trinajstić information content (AvgIpc) is 2.83. The highest BCUT2D eigenvalue weighted by Gasteiger charge is 2.30. The largest absolute Gasteiger partial charge is 0.496 e. The molecule has 3 rings (SSSR count). The molecule has 6 nitrogen and oxygen atoms in total. The van der Waals surface area contributed by atoms with Crippen molar-refractivity contribution in [3.05, 3.63) is 89.0 Å². The number of carboxylic acids is 1. The van der Waals surface area contributed by atoms with Gasteiger partial charge in [0.15, 0.2) is 0 Å². The highest BCUT2D eigenvalue weighted by atomic mass is 19.4. The van der Waals surface area contributed by atoms with Gasteiger partial charge in [-0.05, 0) is 40.5 Å².